The number of carboxylic acids is 1. The lowest BCUT2D eigenvalue weighted by Crippen LogP contribution is -2.41. The zero-order valence-electron chi connectivity index (χ0n) is 7.75. The van der Waals surface area contributed by atoms with E-state index < -0.39 is 12.0 Å². The highest BCUT2D eigenvalue weighted by Crippen LogP contribution is 1.94. The van der Waals surface area contributed by atoms with E-state index in [0.717, 1.165) is 6.42 Å². The summed E-state index contributed by atoms with van der Waals surface area (Å²) in [5.41, 5.74) is 5.43. The molecule has 0 aromatic rings. The van der Waals surface area contributed by atoms with Gasteiger partial charge in [0.15, 0.2) is 0 Å². The number of nitrogens with two attached hydrogens (primary N) is 1. The van der Waals surface area contributed by atoms with E-state index in [4.69, 9.17) is 10.8 Å². The highest BCUT2D eigenvalue weighted by molar-refractivity contribution is 5.82. The van der Waals surface area contributed by atoms with Gasteiger partial charge in [-0.3, -0.25) is 9.59 Å². The van der Waals surface area contributed by atoms with Crippen LogP contribution in [0.15, 0.2) is 0 Å². The minimum atomic E-state index is -0.932. The Morgan fingerprint density at radius 3 is 2.62 bits per heavy atom. The second-order valence-corrected chi connectivity index (χ2v) is 2.83. The van der Waals surface area contributed by atoms with Gasteiger partial charge in [0.25, 0.3) is 0 Å². The molecule has 0 fully saturated rings. The van der Waals surface area contributed by atoms with Crippen molar-refractivity contribution in [1.29, 1.82) is 0 Å². The van der Waals surface area contributed by atoms with E-state index in [1.807, 2.05) is 6.92 Å². The van der Waals surface area contributed by atoms with Crippen LogP contribution in [0.4, 0.5) is 0 Å². The van der Waals surface area contributed by atoms with Gasteiger partial charge in [-0.25, -0.2) is 0 Å². The van der Waals surface area contributed by atoms with Crippen LogP contribution in [0.2, 0.25) is 0 Å². The Balaban J connectivity index is 3.62. The number of carboxylic acid groups (broad SMARTS) is 1. The Kier molecular flexibility index (Phi) is 5.88. The first-order chi connectivity index (χ1) is 6.07. The van der Waals surface area contributed by atoms with E-state index in [-0.39, 0.29) is 18.7 Å². The fourth-order valence-electron chi connectivity index (χ4n) is 0.789. The van der Waals surface area contributed by atoms with Gasteiger partial charge < -0.3 is 16.2 Å². The topological polar surface area (TPSA) is 92.4 Å². The fourth-order valence-corrected chi connectivity index (χ4v) is 0.789. The minimum absolute atomic E-state index is 0.0687. The van der Waals surface area contributed by atoms with Crippen molar-refractivity contribution in [3.8, 4) is 0 Å². The van der Waals surface area contributed by atoms with Crippen molar-refractivity contribution in [2.24, 2.45) is 5.73 Å². The Bertz CT molecular complexity index is 182. The standard InChI is InChI=1S/C8H16N2O3/c1-2-5-10-8(13)6(9)3-4-7(11)12/h6H,2-5,9H2,1H3,(H,10,13)(H,11,12). The largest absolute Gasteiger partial charge is 0.481 e. The van der Waals surface area contributed by atoms with Crippen molar-refractivity contribution in [2.75, 3.05) is 6.54 Å². The van der Waals surface area contributed by atoms with Crippen molar-refractivity contribution < 1.29 is 14.7 Å². The second-order valence-electron chi connectivity index (χ2n) is 2.83. The first-order valence-corrected chi connectivity index (χ1v) is 4.33. The van der Waals surface area contributed by atoms with Crippen LogP contribution < -0.4 is 11.1 Å². The summed E-state index contributed by atoms with van der Waals surface area (Å²) in [6.07, 6.45) is 0.961. The third-order valence-corrected chi connectivity index (χ3v) is 1.56. The van der Waals surface area contributed by atoms with Crippen molar-refractivity contribution in [2.45, 2.75) is 32.2 Å². The lowest BCUT2D eigenvalue weighted by atomic mass is 10.1. The van der Waals surface area contributed by atoms with Gasteiger partial charge in [-0.2, -0.15) is 0 Å². The number of nitrogens with one attached hydrogen (secondary N) is 1. The molecule has 76 valence electrons. The number of carbonyl (C=O) groups excluding carboxylic acids is 1. The molecule has 5 nitrogen and oxygen atoms in total. The van der Waals surface area contributed by atoms with Crippen LogP contribution >= 0.6 is 0 Å². The quantitative estimate of drug-likeness (QED) is 0.533. The molecular weight excluding hydrogens is 172 g/mol. The molecule has 0 aromatic heterocycles. The van der Waals surface area contributed by atoms with E-state index in [1.165, 1.54) is 0 Å². The molecule has 0 spiro atoms. The average molecular weight is 188 g/mol. The van der Waals surface area contributed by atoms with Crippen LogP contribution in [0.25, 0.3) is 0 Å². The summed E-state index contributed by atoms with van der Waals surface area (Å²) < 4.78 is 0. The Labute approximate surface area is 77.3 Å². The van der Waals surface area contributed by atoms with E-state index in [0.29, 0.717) is 6.54 Å². The third kappa shape index (κ3) is 6.10. The number of aliphatic carboxylic acids is 1. The molecule has 0 aliphatic rings. The van der Waals surface area contributed by atoms with Gasteiger partial charge in [0.2, 0.25) is 5.91 Å². The van der Waals surface area contributed by atoms with Crippen LogP contribution in [-0.4, -0.2) is 29.6 Å². The molecule has 0 aliphatic heterocycles. The predicted octanol–water partition coefficient (Wildman–Crippen LogP) is -0.295. The van der Waals surface area contributed by atoms with Gasteiger partial charge in [0.1, 0.15) is 0 Å². The maximum atomic E-state index is 11.1. The minimum Gasteiger partial charge on any atom is -0.481 e. The first kappa shape index (κ1) is 11.9. The molecule has 13 heavy (non-hydrogen) atoms. The van der Waals surface area contributed by atoms with Crippen molar-refractivity contribution in [1.82, 2.24) is 5.32 Å². The molecule has 0 bridgehead atoms. The van der Waals surface area contributed by atoms with Crippen molar-refractivity contribution in [3.63, 3.8) is 0 Å². The Morgan fingerprint density at radius 2 is 2.15 bits per heavy atom. The molecule has 5 heteroatoms. The first-order valence-electron chi connectivity index (χ1n) is 4.33. The lowest BCUT2D eigenvalue weighted by Gasteiger charge is -2.09. The van der Waals surface area contributed by atoms with Crippen molar-refractivity contribution in [3.05, 3.63) is 0 Å². The highest BCUT2D eigenvalue weighted by Gasteiger charge is 2.13. The summed E-state index contributed by atoms with van der Waals surface area (Å²) in [5, 5.41) is 10.9. The maximum Gasteiger partial charge on any atom is 0.303 e. The number of hydrogen-bond donors (Lipinski definition) is 3. The molecule has 1 atom stereocenters. The molecule has 0 heterocycles. The van der Waals surface area contributed by atoms with Gasteiger partial charge in [-0.1, -0.05) is 6.92 Å². The zero-order valence-corrected chi connectivity index (χ0v) is 7.75. The van der Waals surface area contributed by atoms with Crippen molar-refractivity contribution >= 4 is 11.9 Å². The molecule has 0 saturated carbocycles. The monoisotopic (exact) mass is 188 g/mol. The molecule has 0 rings (SSSR count). The molecule has 4 N–H and O–H groups in total. The smallest absolute Gasteiger partial charge is 0.303 e. The molecular formula is C8H16N2O3. The van der Waals surface area contributed by atoms with Crippen LogP contribution in [0.3, 0.4) is 0 Å². The average Bonchev–Trinajstić information content (AvgIpc) is 2.10. The molecule has 0 aromatic carbocycles. The fraction of sp³-hybridized carbons (Fsp3) is 0.750. The van der Waals surface area contributed by atoms with Gasteiger partial charge in [0, 0.05) is 13.0 Å². The summed E-state index contributed by atoms with van der Waals surface area (Å²) >= 11 is 0. The van der Waals surface area contributed by atoms with Gasteiger partial charge >= 0.3 is 5.97 Å². The molecule has 0 radical (unpaired) electrons. The summed E-state index contributed by atoms with van der Waals surface area (Å²) in [5.74, 6) is -1.21. The lowest BCUT2D eigenvalue weighted by molar-refractivity contribution is -0.137. The predicted molar refractivity (Wildman–Crippen MR) is 48.1 cm³/mol. The second kappa shape index (κ2) is 6.42. The van der Waals surface area contributed by atoms with Crippen LogP contribution in [0.5, 0.6) is 0 Å². The number of hydrogen-bond acceptors (Lipinski definition) is 3. The SMILES string of the molecule is CCCNC(=O)C(N)CCC(=O)O. The zero-order chi connectivity index (χ0) is 10.3. The highest BCUT2D eigenvalue weighted by atomic mass is 16.4. The van der Waals surface area contributed by atoms with E-state index in [9.17, 15) is 9.59 Å². The van der Waals surface area contributed by atoms with Crippen LogP contribution in [0.1, 0.15) is 26.2 Å². The normalized spacial score (nSPS) is 12.2. The summed E-state index contributed by atoms with van der Waals surface area (Å²) in [6, 6.07) is -0.706. The van der Waals surface area contributed by atoms with Crippen LogP contribution in [-0.2, 0) is 9.59 Å². The van der Waals surface area contributed by atoms with Gasteiger partial charge in [-0.05, 0) is 12.8 Å². The summed E-state index contributed by atoms with van der Waals surface area (Å²) in [4.78, 5) is 21.2. The van der Waals surface area contributed by atoms with E-state index >= 15 is 0 Å². The maximum absolute atomic E-state index is 11.1. The van der Waals surface area contributed by atoms with Crippen LogP contribution in [0, 0.1) is 0 Å². The molecule has 0 aliphatic carbocycles. The van der Waals surface area contributed by atoms with Gasteiger partial charge in [-0.15, -0.1) is 0 Å². The Morgan fingerprint density at radius 1 is 1.54 bits per heavy atom. The van der Waals surface area contributed by atoms with E-state index in [1.54, 1.807) is 0 Å². The van der Waals surface area contributed by atoms with E-state index in [2.05, 4.69) is 5.32 Å². The summed E-state index contributed by atoms with van der Waals surface area (Å²) in [6.45, 7) is 2.52. The number of rotatable bonds is 6. The number of amides is 1. The van der Waals surface area contributed by atoms with Gasteiger partial charge in [0.05, 0.1) is 6.04 Å². The number of carbonyl (C=O) groups is 2. The molecule has 0 saturated heterocycles. The Hall–Kier alpha value is -1.10. The summed E-state index contributed by atoms with van der Waals surface area (Å²) in [7, 11) is 0. The molecule has 1 amide bonds. The third-order valence-electron chi connectivity index (χ3n) is 1.56. The molecule has 1 unspecified atom stereocenters.